The maximum absolute atomic E-state index is 12.8. The predicted molar refractivity (Wildman–Crippen MR) is 126 cm³/mol. The van der Waals surface area contributed by atoms with Gasteiger partial charge in [-0.25, -0.2) is 4.98 Å². The van der Waals surface area contributed by atoms with Crippen molar-refractivity contribution in [2.75, 3.05) is 37.6 Å². The van der Waals surface area contributed by atoms with E-state index in [0.717, 1.165) is 57.3 Å². The zero-order valence-corrected chi connectivity index (χ0v) is 19.3. The molecule has 0 aromatic carbocycles. The minimum absolute atomic E-state index is 0.0638. The highest BCUT2D eigenvalue weighted by Gasteiger charge is 2.27. The number of fused-ring (bicyclic) bond motifs is 1. The molecule has 0 bridgehead atoms. The van der Waals surface area contributed by atoms with Gasteiger partial charge in [-0.1, -0.05) is 13.3 Å². The predicted octanol–water partition coefficient (Wildman–Crippen LogP) is 4.59. The largest absolute Gasteiger partial charge is 0.356 e. The second-order valence-electron chi connectivity index (χ2n) is 8.93. The number of nitrogens with zero attached hydrogens (tertiary/aromatic N) is 3. The lowest BCUT2D eigenvalue weighted by molar-refractivity contribution is -0.125. The average Bonchev–Trinajstić information content (AvgIpc) is 3.17. The van der Waals surface area contributed by atoms with E-state index in [2.05, 4.69) is 46.1 Å². The molecule has 2 aromatic heterocycles. The molecule has 4 heterocycles. The average molecular weight is 429 g/mol. The molecule has 2 aliphatic rings. The molecule has 1 amide bonds. The number of nitrogens with one attached hydrogen (secondary N) is 1. The normalized spacial score (nSPS) is 23.1. The number of carbonyl (C=O) groups excluding carboxylic acids is 1. The number of likely N-dealkylation sites (tertiary alicyclic amines) is 1. The van der Waals surface area contributed by atoms with Gasteiger partial charge in [0.15, 0.2) is 0 Å². The van der Waals surface area contributed by atoms with E-state index in [4.69, 9.17) is 0 Å². The van der Waals surface area contributed by atoms with Gasteiger partial charge in [0.2, 0.25) is 5.91 Å². The molecule has 6 heteroatoms. The first-order chi connectivity index (χ1) is 14.7. The van der Waals surface area contributed by atoms with Crippen LogP contribution < -0.4 is 10.2 Å². The lowest BCUT2D eigenvalue weighted by Crippen LogP contribution is -2.44. The third-order valence-corrected chi connectivity index (χ3v) is 7.80. The molecule has 0 aliphatic carbocycles. The highest BCUT2D eigenvalue weighted by molar-refractivity contribution is 7.19. The summed E-state index contributed by atoms with van der Waals surface area (Å²) in [6, 6.07) is 5.07. The van der Waals surface area contributed by atoms with Crippen molar-refractivity contribution in [3.63, 3.8) is 0 Å². The Hall–Kier alpha value is -1.66. The molecular weight excluding hydrogens is 392 g/mol. The van der Waals surface area contributed by atoms with Gasteiger partial charge in [0.1, 0.15) is 5.82 Å². The lowest BCUT2D eigenvalue weighted by Gasteiger charge is -2.35. The van der Waals surface area contributed by atoms with E-state index in [0.29, 0.717) is 0 Å². The van der Waals surface area contributed by atoms with Crippen LogP contribution in [-0.2, 0) is 4.79 Å². The summed E-state index contributed by atoms with van der Waals surface area (Å²) in [5.41, 5.74) is 0. The number of rotatable bonds is 7. The number of hydrogen-bond donors (Lipinski definition) is 1. The summed E-state index contributed by atoms with van der Waals surface area (Å²) in [6.07, 6.45) is 10.3. The van der Waals surface area contributed by atoms with E-state index in [1.165, 1.54) is 47.2 Å². The van der Waals surface area contributed by atoms with Crippen LogP contribution >= 0.6 is 11.3 Å². The zero-order chi connectivity index (χ0) is 20.9. The number of hydrogen-bond acceptors (Lipinski definition) is 5. The van der Waals surface area contributed by atoms with Crippen LogP contribution in [0.2, 0.25) is 0 Å². The Kier molecular flexibility index (Phi) is 7.26. The fourth-order valence-electron chi connectivity index (χ4n) is 5.17. The van der Waals surface area contributed by atoms with Gasteiger partial charge in [-0.05, 0) is 64.1 Å². The Morgan fingerprint density at radius 1 is 1.27 bits per heavy atom. The number of carbonyl (C=O) groups is 1. The summed E-state index contributed by atoms with van der Waals surface area (Å²) in [5.74, 6) is 1.33. The Balaban J connectivity index is 1.28. The summed E-state index contributed by atoms with van der Waals surface area (Å²) < 4.78 is 1.28. The van der Waals surface area contributed by atoms with Gasteiger partial charge in [0, 0.05) is 53.4 Å². The molecular formula is C24H36N4OS. The summed E-state index contributed by atoms with van der Waals surface area (Å²) in [7, 11) is 0. The molecule has 2 atom stereocenters. The van der Waals surface area contributed by atoms with E-state index < -0.39 is 0 Å². The van der Waals surface area contributed by atoms with Crippen molar-refractivity contribution in [1.82, 2.24) is 15.2 Å². The van der Waals surface area contributed by atoms with Crippen LogP contribution in [0, 0.1) is 12.8 Å². The minimum atomic E-state index is 0.0638. The number of pyridine rings is 1. The molecule has 4 rings (SSSR count). The van der Waals surface area contributed by atoms with Crippen LogP contribution in [0.3, 0.4) is 0 Å². The molecule has 2 saturated heterocycles. The van der Waals surface area contributed by atoms with Crippen LogP contribution in [0.25, 0.3) is 10.1 Å². The molecule has 2 fully saturated rings. The summed E-state index contributed by atoms with van der Waals surface area (Å²) in [5, 5.41) is 4.46. The molecule has 2 unspecified atom stereocenters. The van der Waals surface area contributed by atoms with Gasteiger partial charge in [-0.15, -0.1) is 11.3 Å². The highest BCUT2D eigenvalue weighted by Crippen LogP contribution is 2.33. The van der Waals surface area contributed by atoms with Crippen molar-refractivity contribution in [2.45, 2.75) is 64.8 Å². The smallest absolute Gasteiger partial charge is 0.224 e. The number of aryl methyl sites for hydroxylation is 1. The molecule has 30 heavy (non-hydrogen) atoms. The Bertz CT molecular complexity index is 851. The molecule has 2 aromatic rings. The fourth-order valence-corrected chi connectivity index (χ4v) is 6.08. The molecule has 1 N–H and O–H groups in total. The van der Waals surface area contributed by atoms with Crippen LogP contribution in [0.4, 0.5) is 5.82 Å². The first kappa shape index (κ1) is 21.6. The van der Waals surface area contributed by atoms with Crippen LogP contribution in [0.15, 0.2) is 18.3 Å². The maximum atomic E-state index is 12.8. The summed E-state index contributed by atoms with van der Waals surface area (Å²) in [6.45, 7) is 9.33. The molecule has 0 spiro atoms. The van der Waals surface area contributed by atoms with Gasteiger partial charge < -0.3 is 15.1 Å². The van der Waals surface area contributed by atoms with Crippen LogP contribution in [-0.4, -0.2) is 54.6 Å². The fraction of sp³-hybridized carbons (Fsp3) is 0.667. The van der Waals surface area contributed by atoms with Gasteiger partial charge in [0.05, 0.1) is 5.92 Å². The van der Waals surface area contributed by atoms with E-state index in [9.17, 15) is 4.79 Å². The Morgan fingerprint density at radius 2 is 2.17 bits per heavy atom. The van der Waals surface area contributed by atoms with Gasteiger partial charge >= 0.3 is 0 Å². The van der Waals surface area contributed by atoms with Crippen molar-refractivity contribution in [1.29, 1.82) is 0 Å². The number of amides is 1. The van der Waals surface area contributed by atoms with E-state index in [-0.39, 0.29) is 11.8 Å². The molecule has 2 aliphatic heterocycles. The van der Waals surface area contributed by atoms with E-state index >= 15 is 0 Å². The SMILES string of the molecule is CCC1CCCCN1CCCNC(=O)C1CCCN(c2nccc3sc(C)cc23)C1. The minimum Gasteiger partial charge on any atom is -0.356 e. The third-order valence-electron chi connectivity index (χ3n) is 6.78. The maximum Gasteiger partial charge on any atom is 0.224 e. The van der Waals surface area contributed by atoms with Crippen LogP contribution in [0.5, 0.6) is 0 Å². The molecule has 164 valence electrons. The van der Waals surface area contributed by atoms with E-state index in [1.54, 1.807) is 0 Å². The molecule has 0 radical (unpaired) electrons. The first-order valence-electron chi connectivity index (χ1n) is 11.8. The van der Waals surface area contributed by atoms with Gasteiger partial charge in [-0.3, -0.25) is 4.79 Å². The van der Waals surface area contributed by atoms with Crippen molar-refractivity contribution in [2.24, 2.45) is 5.92 Å². The number of aromatic nitrogens is 1. The first-order valence-corrected chi connectivity index (χ1v) is 12.6. The standard InChI is InChI=1S/C24H36N4OS/c1-3-20-9-4-5-13-27(20)15-7-11-26-24(29)19-8-6-14-28(17-19)23-21-16-18(2)30-22(21)10-12-25-23/h10,12,16,19-20H,3-9,11,13-15,17H2,1-2H3,(H,26,29). The van der Waals surface area contributed by atoms with Gasteiger partial charge in [-0.2, -0.15) is 0 Å². The van der Waals surface area contributed by atoms with Crippen molar-refractivity contribution in [3.05, 3.63) is 23.2 Å². The zero-order valence-electron chi connectivity index (χ0n) is 18.5. The monoisotopic (exact) mass is 428 g/mol. The molecule has 0 saturated carbocycles. The Labute approximate surface area is 184 Å². The number of piperidine rings is 2. The van der Waals surface area contributed by atoms with Crippen molar-refractivity contribution < 1.29 is 4.79 Å². The van der Waals surface area contributed by atoms with Gasteiger partial charge in [0.25, 0.3) is 0 Å². The lowest BCUT2D eigenvalue weighted by atomic mass is 9.96. The second-order valence-corrected chi connectivity index (χ2v) is 10.2. The van der Waals surface area contributed by atoms with Crippen molar-refractivity contribution in [3.8, 4) is 0 Å². The quantitative estimate of drug-likeness (QED) is 0.655. The van der Waals surface area contributed by atoms with E-state index in [1.807, 2.05) is 17.5 Å². The number of thiophene rings is 1. The third kappa shape index (κ3) is 4.97. The summed E-state index contributed by atoms with van der Waals surface area (Å²) in [4.78, 5) is 23.8. The number of anilines is 1. The summed E-state index contributed by atoms with van der Waals surface area (Å²) >= 11 is 1.81. The highest BCUT2D eigenvalue weighted by atomic mass is 32.1. The topological polar surface area (TPSA) is 48.5 Å². The Morgan fingerprint density at radius 3 is 3.03 bits per heavy atom. The molecule has 5 nitrogen and oxygen atoms in total. The van der Waals surface area contributed by atoms with Crippen molar-refractivity contribution >= 4 is 33.1 Å². The second kappa shape index (κ2) is 10.1. The van der Waals surface area contributed by atoms with Crippen LogP contribution in [0.1, 0.15) is 56.7 Å².